The predicted molar refractivity (Wildman–Crippen MR) is 69.6 cm³/mol. The van der Waals surface area contributed by atoms with Gasteiger partial charge in [-0.25, -0.2) is 4.98 Å². The number of aliphatic hydroxyl groups excluding tert-OH is 1. The number of pyridine rings is 1. The van der Waals surface area contributed by atoms with Crippen molar-refractivity contribution in [3.05, 3.63) is 23.9 Å². The molecule has 1 aliphatic rings. The second kappa shape index (κ2) is 5.57. The Morgan fingerprint density at radius 2 is 2.10 bits per heavy atom. The Labute approximate surface area is 115 Å². The molecule has 2 atom stereocenters. The van der Waals surface area contributed by atoms with E-state index in [-0.39, 0.29) is 6.04 Å². The van der Waals surface area contributed by atoms with Crippen molar-refractivity contribution in [1.29, 1.82) is 0 Å². The number of rotatable bonds is 3. The summed E-state index contributed by atoms with van der Waals surface area (Å²) in [6, 6.07) is 2.45. The molecule has 0 bridgehead atoms. The summed E-state index contributed by atoms with van der Waals surface area (Å²) >= 11 is 0. The highest BCUT2D eigenvalue weighted by molar-refractivity contribution is 5.43. The van der Waals surface area contributed by atoms with Crippen molar-refractivity contribution < 1.29 is 18.3 Å². The van der Waals surface area contributed by atoms with E-state index >= 15 is 0 Å². The second-order valence-electron chi connectivity index (χ2n) is 5.36. The molecule has 112 valence electrons. The summed E-state index contributed by atoms with van der Waals surface area (Å²) in [6.45, 7) is 1.12. The molecule has 7 heteroatoms. The van der Waals surface area contributed by atoms with Crippen molar-refractivity contribution in [1.82, 2.24) is 9.88 Å². The van der Waals surface area contributed by atoms with E-state index < -0.39 is 17.8 Å². The molecule has 0 aromatic carbocycles. The molecule has 2 rings (SSSR count). The Balaban J connectivity index is 2.17. The number of likely N-dealkylation sites (N-methyl/N-ethyl adjacent to an activating group) is 1. The van der Waals surface area contributed by atoms with E-state index in [1.54, 1.807) is 0 Å². The Hall–Kier alpha value is -1.34. The van der Waals surface area contributed by atoms with Crippen LogP contribution in [-0.2, 0) is 6.18 Å². The highest BCUT2D eigenvalue weighted by Crippen LogP contribution is 2.31. The summed E-state index contributed by atoms with van der Waals surface area (Å²) in [5, 5.41) is 9.76. The van der Waals surface area contributed by atoms with Gasteiger partial charge in [0.1, 0.15) is 5.82 Å². The lowest BCUT2D eigenvalue weighted by Gasteiger charge is -2.27. The summed E-state index contributed by atoms with van der Waals surface area (Å²) < 4.78 is 37.5. The first kappa shape index (κ1) is 15.1. The first-order valence-corrected chi connectivity index (χ1v) is 6.40. The van der Waals surface area contributed by atoms with Crippen LogP contribution in [0.3, 0.4) is 0 Å². The summed E-state index contributed by atoms with van der Waals surface area (Å²) in [5.74, 6) is 0.474. The fraction of sp³-hybridized carbons (Fsp3) is 0.615. The fourth-order valence-corrected chi connectivity index (χ4v) is 2.49. The largest absolute Gasteiger partial charge is 0.417 e. The molecular formula is C13H18F3N3O. The number of anilines is 1. The van der Waals surface area contributed by atoms with Crippen LogP contribution in [0.15, 0.2) is 18.3 Å². The summed E-state index contributed by atoms with van der Waals surface area (Å²) in [5.41, 5.74) is -0.759. The lowest BCUT2D eigenvalue weighted by atomic mass is 10.2. The summed E-state index contributed by atoms with van der Waals surface area (Å²) in [4.78, 5) is 7.75. The molecule has 1 aromatic rings. The number of nitrogens with zero attached hydrogens (tertiary/aromatic N) is 3. The van der Waals surface area contributed by atoms with Gasteiger partial charge in [0, 0.05) is 25.3 Å². The second-order valence-corrected chi connectivity index (χ2v) is 5.36. The van der Waals surface area contributed by atoms with E-state index in [2.05, 4.69) is 4.98 Å². The number of hydrogen-bond donors (Lipinski definition) is 1. The van der Waals surface area contributed by atoms with Crippen LogP contribution >= 0.6 is 0 Å². The van der Waals surface area contributed by atoms with Gasteiger partial charge in [-0.1, -0.05) is 0 Å². The lowest BCUT2D eigenvalue weighted by molar-refractivity contribution is -0.137. The van der Waals surface area contributed by atoms with Crippen molar-refractivity contribution >= 4 is 5.82 Å². The topological polar surface area (TPSA) is 39.6 Å². The third kappa shape index (κ3) is 3.40. The maximum Gasteiger partial charge on any atom is 0.417 e. The maximum atomic E-state index is 12.5. The van der Waals surface area contributed by atoms with Crippen molar-refractivity contribution in [3.8, 4) is 0 Å². The molecule has 2 heterocycles. The lowest BCUT2D eigenvalue weighted by Crippen LogP contribution is -2.38. The molecular weight excluding hydrogens is 271 g/mol. The SMILES string of the molecule is CN(C)CC1CC(O)CN1c1ccc(C(F)(F)F)cn1. The molecule has 1 N–H and O–H groups in total. The van der Waals surface area contributed by atoms with Crippen LogP contribution in [0, 0.1) is 0 Å². The summed E-state index contributed by atoms with van der Waals surface area (Å²) in [7, 11) is 3.84. The van der Waals surface area contributed by atoms with Gasteiger partial charge < -0.3 is 14.9 Å². The number of β-amino-alcohol motifs (C(OH)–C–C–N with tert-alkyl or cyclic N) is 1. The van der Waals surface area contributed by atoms with Gasteiger partial charge >= 0.3 is 6.18 Å². The Bertz CT molecular complexity index is 447. The molecule has 1 aliphatic heterocycles. The monoisotopic (exact) mass is 289 g/mol. The smallest absolute Gasteiger partial charge is 0.391 e. The van der Waals surface area contributed by atoms with Crippen LogP contribution < -0.4 is 4.90 Å². The van der Waals surface area contributed by atoms with Crippen LogP contribution in [0.25, 0.3) is 0 Å². The number of aliphatic hydroxyl groups is 1. The van der Waals surface area contributed by atoms with Crippen molar-refractivity contribution in [3.63, 3.8) is 0 Å². The van der Waals surface area contributed by atoms with Crippen molar-refractivity contribution in [2.24, 2.45) is 0 Å². The molecule has 0 amide bonds. The van der Waals surface area contributed by atoms with Crippen LogP contribution in [0.2, 0.25) is 0 Å². The summed E-state index contributed by atoms with van der Waals surface area (Å²) in [6.07, 6.45) is -3.41. The molecule has 1 aromatic heterocycles. The Kier molecular flexibility index (Phi) is 4.19. The first-order valence-electron chi connectivity index (χ1n) is 6.40. The van der Waals surface area contributed by atoms with E-state index in [0.717, 1.165) is 18.8 Å². The molecule has 2 unspecified atom stereocenters. The zero-order valence-corrected chi connectivity index (χ0v) is 11.4. The van der Waals surface area contributed by atoms with Gasteiger partial charge in [-0.15, -0.1) is 0 Å². The van der Waals surface area contributed by atoms with E-state index in [9.17, 15) is 18.3 Å². The van der Waals surface area contributed by atoms with Crippen LogP contribution in [0.5, 0.6) is 0 Å². The van der Waals surface area contributed by atoms with Gasteiger partial charge in [0.25, 0.3) is 0 Å². The van der Waals surface area contributed by atoms with Crippen LogP contribution in [0.1, 0.15) is 12.0 Å². The quantitative estimate of drug-likeness (QED) is 0.917. The molecule has 4 nitrogen and oxygen atoms in total. The minimum Gasteiger partial charge on any atom is -0.391 e. The third-order valence-corrected chi connectivity index (χ3v) is 3.34. The molecule has 0 saturated carbocycles. The Morgan fingerprint density at radius 3 is 2.60 bits per heavy atom. The molecule has 0 aliphatic carbocycles. The van der Waals surface area contributed by atoms with Gasteiger partial charge in [0.15, 0.2) is 0 Å². The van der Waals surface area contributed by atoms with Gasteiger partial charge in [-0.2, -0.15) is 13.2 Å². The van der Waals surface area contributed by atoms with Crippen molar-refractivity contribution in [2.75, 3.05) is 32.1 Å². The molecule has 1 fully saturated rings. The molecule has 1 saturated heterocycles. The van der Waals surface area contributed by atoms with E-state index in [4.69, 9.17) is 0 Å². The minimum absolute atomic E-state index is 0.0595. The van der Waals surface area contributed by atoms with E-state index in [1.165, 1.54) is 6.07 Å². The number of halogens is 3. The first-order chi connectivity index (χ1) is 9.27. The van der Waals surface area contributed by atoms with E-state index in [1.807, 2.05) is 23.9 Å². The van der Waals surface area contributed by atoms with Gasteiger partial charge in [0.05, 0.1) is 11.7 Å². The minimum atomic E-state index is -4.38. The van der Waals surface area contributed by atoms with E-state index in [0.29, 0.717) is 18.8 Å². The zero-order valence-electron chi connectivity index (χ0n) is 11.4. The highest BCUT2D eigenvalue weighted by Gasteiger charge is 2.34. The number of hydrogen-bond acceptors (Lipinski definition) is 4. The average Bonchev–Trinajstić information content (AvgIpc) is 2.68. The molecule has 0 radical (unpaired) electrons. The standard InChI is InChI=1S/C13H18F3N3O/c1-18(2)7-10-5-11(20)8-19(10)12-4-3-9(6-17-12)13(14,15)16/h3-4,6,10-11,20H,5,7-8H2,1-2H3. The van der Waals surface area contributed by atoms with Gasteiger partial charge in [0.2, 0.25) is 0 Å². The molecule has 20 heavy (non-hydrogen) atoms. The fourth-order valence-electron chi connectivity index (χ4n) is 2.49. The van der Waals surface area contributed by atoms with Crippen molar-refractivity contribution in [2.45, 2.75) is 24.7 Å². The average molecular weight is 289 g/mol. The van der Waals surface area contributed by atoms with Crippen LogP contribution in [-0.4, -0.2) is 54.3 Å². The predicted octanol–water partition coefficient (Wildman–Crippen LogP) is 1.60. The van der Waals surface area contributed by atoms with Crippen LogP contribution in [0.4, 0.5) is 19.0 Å². The normalized spacial score (nSPS) is 23.6. The van der Waals surface area contributed by atoms with Gasteiger partial charge in [-0.05, 0) is 32.6 Å². The molecule has 0 spiro atoms. The number of aromatic nitrogens is 1. The highest BCUT2D eigenvalue weighted by atomic mass is 19.4. The van der Waals surface area contributed by atoms with Gasteiger partial charge in [-0.3, -0.25) is 0 Å². The third-order valence-electron chi connectivity index (χ3n) is 3.34. The zero-order chi connectivity index (χ0) is 14.9. The Morgan fingerprint density at radius 1 is 1.40 bits per heavy atom. The maximum absolute atomic E-state index is 12.5. The number of alkyl halides is 3.